The highest BCUT2D eigenvalue weighted by Crippen LogP contribution is 2.33. The average molecular weight is 276 g/mol. The molecule has 2 rings (SSSR count). The molecule has 3 heteroatoms. The van der Waals surface area contributed by atoms with Crippen LogP contribution in [0.5, 0.6) is 0 Å². The van der Waals surface area contributed by atoms with Crippen LogP contribution in [-0.2, 0) is 0 Å². The third-order valence-electron chi connectivity index (χ3n) is 4.60. The molecular weight excluding hydrogens is 248 g/mol. The number of aliphatic hydroxyl groups excluding tert-OH is 1. The van der Waals surface area contributed by atoms with Gasteiger partial charge in [0.15, 0.2) is 0 Å². The summed E-state index contributed by atoms with van der Waals surface area (Å²) < 4.78 is 0. The summed E-state index contributed by atoms with van der Waals surface area (Å²) in [5.41, 5.74) is 7.74. The van der Waals surface area contributed by atoms with Gasteiger partial charge in [0.05, 0.1) is 0 Å². The minimum Gasteiger partial charge on any atom is -0.396 e. The molecule has 1 heterocycles. The largest absolute Gasteiger partial charge is 0.396 e. The monoisotopic (exact) mass is 276 g/mol. The summed E-state index contributed by atoms with van der Waals surface area (Å²) in [6.07, 6.45) is 2.21. The maximum Gasteiger partial charge on any atom is 0.0460 e. The number of nitrogens with two attached hydrogens (primary N) is 1. The van der Waals surface area contributed by atoms with E-state index < -0.39 is 0 Å². The Balaban J connectivity index is 1.94. The van der Waals surface area contributed by atoms with Gasteiger partial charge in [-0.2, -0.15) is 0 Å². The van der Waals surface area contributed by atoms with Gasteiger partial charge in [-0.15, -0.1) is 0 Å². The summed E-state index contributed by atoms with van der Waals surface area (Å²) in [5, 5.41) is 9.21. The number of benzene rings is 1. The van der Waals surface area contributed by atoms with Crippen molar-refractivity contribution in [3.8, 4) is 0 Å². The lowest BCUT2D eigenvalue weighted by Crippen LogP contribution is -2.44. The lowest BCUT2D eigenvalue weighted by Gasteiger charge is -2.40. The van der Waals surface area contributed by atoms with E-state index >= 15 is 0 Å². The molecule has 1 aromatic carbocycles. The minimum atomic E-state index is 0.0490. The van der Waals surface area contributed by atoms with Crippen molar-refractivity contribution in [3.05, 3.63) is 35.9 Å². The molecule has 1 unspecified atom stereocenters. The first-order valence-electron chi connectivity index (χ1n) is 7.66. The fraction of sp³-hybridized carbons (Fsp3) is 0.647. The Hall–Kier alpha value is -0.900. The molecule has 0 aliphatic carbocycles. The van der Waals surface area contributed by atoms with E-state index in [1.807, 2.05) is 6.07 Å². The molecule has 1 aliphatic heterocycles. The molecule has 20 heavy (non-hydrogen) atoms. The predicted octanol–water partition coefficient (Wildman–Crippen LogP) is 2.42. The molecule has 0 amide bonds. The second kappa shape index (κ2) is 6.70. The van der Waals surface area contributed by atoms with Crippen LogP contribution in [0.3, 0.4) is 0 Å². The van der Waals surface area contributed by atoms with Gasteiger partial charge in [-0.25, -0.2) is 0 Å². The van der Waals surface area contributed by atoms with E-state index in [-0.39, 0.29) is 11.5 Å². The number of nitrogens with zero attached hydrogens (tertiary/aromatic N) is 1. The van der Waals surface area contributed by atoms with Gasteiger partial charge in [0, 0.05) is 19.2 Å². The van der Waals surface area contributed by atoms with E-state index in [1.165, 1.54) is 5.56 Å². The quantitative estimate of drug-likeness (QED) is 0.868. The van der Waals surface area contributed by atoms with E-state index in [4.69, 9.17) is 5.73 Å². The lowest BCUT2D eigenvalue weighted by atomic mass is 9.80. The smallest absolute Gasteiger partial charge is 0.0460 e. The van der Waals surface area contributed by atoms with Crippen LogP contribution in [0.1, 0.15) is 38.3 Å². The Morgan fingerprint density at radius 1 is 1.25 bits per heavy atom. The Morgan fingerprint density at radius 3 is 2.40 bits per heavy atom. The highest BCUT2D eigenvalue weighted by Gasteiger charge is 2.31. The van der Waals surface area contributed by atoms with Gasteiger partial charge in [0.25, 0.3) is 0 Å². The number of hydrogen-bond donors (Lipinski definition) is 2. The van der Waals surface area contributed by atoms with Crippen molar-refractivity contribution in [3.63, 3.8) is 0 Å². The molecule has 1 aromatic rings. The van der Waals surface area contributed by atoms with E-state index in [0.29, 0.717) is 12.5 Å². The zero-order valence-corrected chi connectivity index (χ0v) is 12.8. The van der Waals surface area contributed by atoms with Gasteiger partial charge in [0.2, 0.25) is 0 Å². The molecule has 0 spiro atoms. The normalized spacial score (nSPS) is 20.0. The first-order chi connectivity index (χ1) is 9.53. The molecule has 112 valence electrons. The molecule has 1 fully saturated rings. The summed E-state index contributed by atoms with van der Waals surface area (Å²) in [5.74, 6) is 0.497. The molecule has 1 atom stereocenters. The lowest BCUT2D eigenvalue weighted by molar-refractivity contribution is 0.0907. The fourth-order valence-electron chi connectivity index (χ4n) is 3.11. The van der Waals surface area contributed by atoms with Crippen LogP contribution < -0.4 is 5.73 Å². The number of aliphatic hydroxyl groups is 1. The third kappa shape index (κ3) is 3.81. The maximum atomic E-state index is 9.21. The number of hydrogen-bond acceptors (Lipinski definition) is 3. The maximum absolute atomic E-state index is 9.21. The van der Waals surface area contributed by atoms with Crippen LogP contribution in [0.2, 0.25) is 0 Å². The zero-order valence-electron chi connectivity index (χ0n) is 12.8. The van der Waals surface area contributed by atoms with Crippen LogP contribution in [0.15, 0.2) is 30.3 Å². The van der Waals surface area contributed by atoms with E-state index in [2.05, 4.69) is 43.0 Å². The number of rotatable bonds is 5. The Bertz CT molecular complexity index is 397. The van der Waals surface area contributed by atoms with Crippen LogP contribution in [0, 0.1) is 11.3 Å². The third-order valence-corrected chi connectivity index (χ3v) is 4.60. The molecular formula is C17H28N2O. The molecule has 3 N–H and O–H groups in total. The average Bonchev–Trinajstić information content (AvgIpc) is 2.48. The van der Waals surface area contributed by atoms with Crippen molar-refractivity contribution >= 4 is 0 Å². The fourth-order valence-corrected chi connectivity index (χ4v) is 3.11. The first-order valence-corrected chi connectivity index (χ1v) is 7.66. The molecule has 0 saturated carbocycles. The Morgan fingerprint density at radius 2 is 1.85 bits per heavy atom. The number of likely N-dealkylation sites (tertiary alicyclic amines) is 1. The van der Waals surface area contributed by atoms with Crippen molar-refractivity contribution in [2.24, 2.45) is 17.1 Å². The van der Waals surface area contributed by atoms with Gasteiger partial charge in [-0.3, -0.25) is 0 Å². The van der Waals surface area contributed by atoms with E-state index in [0.717, 1.165) is 32.5 Å². The highest BCUT2D eigenvalue weighted by molar-refractivity contribution is 5.20. The van der Waals surface area contributed by atoms with Crippen molar-refractivity contribution in [2.75, 3.05) is 26.2 Å². The molecule has 1 aliphatic rings. The van der Waals surface area contributed by atoms with Crippen molar-refractivity contribution in [2.45, 2.75) is 32.7 Å². The van der Waals surface area contributed by atoms with Crippen molar-refractivity contribution < 1.29 is 5.11 Å². The van der Waals surface area contributed by atoms with Crippen LogP contribution in [-0.4, -0.2) is 36.2 Å². The molecule has 3 nitrogen and oxygen atoms in total. The van der Waals surface area contributed by atoms with Crippen LogP contribution in [0.25, 0.3) is 0 Å². The van der Waals surface area contributed by atoms with Gasteiger partial charge < -0.3 is 15.7 Å². The summed E-state index contributed by atoms with van der Waals surface area (Å²) in [4.78, 5) is 2.50. The number of piperidine rings is 1. The topological polar surface area (TPSA) is 49.5 Å². The summed E-state index contributed by atoms with van der Waals surface area (Å²) in [6, 6.07) is 10.4. The molecule has 0 bridgehead atoms. The second-order valence-electron chi connectivity index (χ2n) is 6.78. The van der Waals surface area contributed by atoms with Crippen LogP contribution >= 0.6 is 0 Å². The zero-order chi connectivity index (χ0) is 14.6. The molecule has 0 radical (unpaired) electrons. The van der Waals surface area contributed by atoms with Gasteiger partial charge in [-0.05, 0) is 42.8 Å². The summed E-state index contributed by atoms with van der Waals surface area (Å²) >= 11 is 0. The Kier molecular flexibility index (Phi) is 5.19. The Labute approximate surface area is 122 Å². The van der Waals surface area contributed by atoms with Crippen LogP contribution in [0.4, 0.5) is 0 Å². The van der Waals surface area contributed by atoms with Crippen molar-refractivity contribution in [1.82, 2.24) is 4.90 Å². The van der Waals surface area contributed by atoms with Gasteiger partial charge in [-0.1, -0.05) is 44.2 Å². The second-order valence-corrected chi connectivity index (χ2v) is 6.78. The SMILES string of the molecule is CC(C)(CN1CCC(CO)CC1)C(N)c1ccccc1. The molecule has 1 saturated heterocycles. The van der Waals surface area contributed by atoms with Gasteiger partial charge >= 0.3 is 0 Å². The van der Waals surface area contributed by atoms with Crippen molar-refractivity contribution in [1.29, 1.82) is 0 Å². The summed E-state index contributed by atoms with van der Waals surface area (Å²) in [6.45, 7) is 8.01. The summed E-state index contributed by atoms with van der Waals surface area (Å²) in [7, 11) is 0. The van der Waals surface area contributed by atoms with Gasteiger partial charge in [0.1, 0.15) is 0 Å². The molecule has 0 aromatic heterocycles. The standard InChI is InChI=1S/C17H28N2O/c1-17(2,16(18)15-6-4-3-5-7-15)13-19-10-8-14(12-20)9-11-19/h3-7,14,16,20H,8-13,18H2,1-2H3. The minimum absolute atomic E-state index is 0.0490. The highest BCUT2D eigenvalue weighted by atomic mass is 16.3. The van der Waals surface area contributed by atoms with E-state index in [9.17, 15) is 5.11 Å². The predicted molar refractivity (Wildman–Crippen MR) is 83.4 cm³/mol. The first kappa shape index (κ1) is 15.5. The van der Waals surface area contributed by atoms with E-state index in [1.54, 1.807) is 0 Å².